The SMILES string of the molecule is FC(F)(F)CNCCNCC1CCCO1. The van der Waals surface area contributed by atoms with Crippen LogP contribution in [0, 0.1) is 0 Å². The monoisotopic (exact) mass is 226 g/mol. The molecular weight excluding hydrogens is 209 g/mol. The van der Waals surface area contributed by atoms with Crippen molar-refractivity contribution < 1.29 is 17.9 Å². The first-order valence-corrected chi connectivity index (χ1v) is 5.18. The quantitative estimate of drug-likeness (QED) is 0.660. The lowest BCUT2D eigenvalue weighted by Gasteiger charge is -2.11. The molecule has 0 saturated carbocycles. The van der Waals surface area contributed by atoms with Gasteiger partial charge in [0.15, 0.2) is 0 Å². The lowest BCUT2D eigenvalue weighted by Crippen LogP contribution is -2.36. The minimum absolute atomic E-state index is 0.243. The topological polar surface area (TPSA) is 33.3 Å². The maximum Gasteiger partial charge on any atom is 0.401 e. The molecule has 0 radical (unpaired) electrons. The number of alkyl halides is 3. The van der Waals surface area contributed by atoms with E-state index in [0.29, 0.717) is 13.1 Å². The van der Waals surface area contributed by atoms with E-state index in [9.17, 15) is 13.2 Å². The zero-order chi connectivity index (χ0) is 11.1. The second kappa shape index (κ2) is 6.30. The molecule has 1 atom stereocenters. The summed E-state index contributed by atoms with van der Waals surface area (Å²) in [5, 5.41) is 5.38. The van der Waals surface area contributed by atoms with Gasteiger partial charge in [0.05, 0.1) is 12.6 Å². The van der Waals surface area contributed by atoms with E-state index in [4.69, 9.17) is 4.74 Å². The Morgan fingerprint density at radius 1 is 1.20 bits per heavy atom. The van der Waals surface area contributed by atoms with E-state index in [0.717, 1.165) is 26.0 Å². The Morgan fingerprint density at radius 2 is 1.93 bits per heavy atom. The summed E-state index contributed by atoms with van der Waals surface area (Å²) in [5.41, 5.74) is 0. The van der Waals surface area contributed by atoms with E-state index >= 15 is 0 Å². The fraction of sp³-hybridized carbons (Fsp3) is 1.00. The van der Waals surface area contributed by atoms with Crippen molar-refractivity contribution in [2.24, 2.45) is 0 Å². The Hall–Kier alpha value is -0.330. The smallest absolute Gasteiger partial charge is 0.377 e. The molecule has 1 aliphatic heterocycles. The summed E-state index contributed by atoms with van der Waals surface area (Å²) in [6, 6.07) is 0. The maximum atomic E-state index is 11.7. The van der Waals surface area contributed by atoms with E-state index in [-0.39, 0.29) is 6.10 Å². The standard InChI is InChI=1S/C9H17F3N2O/c10-9(11,12)7-14-4-3-13-6-8-2-1-5-15-8/h8,13-14H,1-7H2. The first-order chi connectivity index (χ1) is 7.08. The third kappa shape index (κ3) is 6.70. The van der Waals surface area contributed by atoms with Crippen molar-refractivity contribution in [3.05, 3.63) is 0 Å². The van der Waals surface area contributed by atoms with Crippen LogP contribution in [-0.4, -0.2) is 45.1 Å². The van der Waals surface area contributed by atoms with E-state index in [2.05, 4.69) is 10.6 Å². The van der Waals surface area contributed by atoms with Crippen LogP contribution in [0.1, 0.15) is 12.8 Å². The molecule has 0 aliphatic carbocycles. The van der Waals surface area contributed by atoms with Crippen LogP contribution in [0.2, 0.25) is 0 Å². The molecule has 0 aromatic carbocycles. The van der Waals surface area contributed by atoms with E-state index in [1.54, 1.807) is 0 Å². The molecule has 0 aromatic heterocycles. The second-order valence-corrected chi connectivity index (χ2v) is 3.63. The van der Waals surface area contributed by atoms with Crippen molar-refractivity contribution in [1.82, 2.24) is 10.6 Å². The van der Waals surface area contributed by atoms with Crippen LogP contribution < -0.4 is 10.6 Å². The minimum Gasteiger partial charge on any atom is -0.377 e. The Bertz CT molecular complexity index is 169. The van der Waals surface area contributed by atoms with Crippen LogP contribution in [0.15, 0.2) is 0 Å². The maximum absolute atomic E-state index is 11.7. The largest absolute Gasteiger partial charge is 0.401 e. The highest BCUT2D eigenvalue weighted by atomic mass is 19.4. The van der Waals surface area contributed by atoms with Crippen molar-refractivity contribution in [2.75, 3.05) is 32.8 Å². The summed E-state index contributed by atoms with van der Waals surface area (Å²) in [7, 11) is 0. The molecule has 3 nitrogen and oxygen atoms in total. The van der Waals surface area contributed by atoms with Gasteiger partial charge in [-0.05, 0) is 12.8 Å². The second-order valence-electron chi connectivity index (χ2n) is 3.63. The van der Waals surface area contributed by atoms with Crippen molar-refractivity contribution in [1.29, 1.82) is 0 Å². The summed E-state index contributed by atoms with van der Waals surface area (Å²) >= 11 is 0. The molecular formula is C9H17F3N2O. The van der Waals surface area contributed by atoms with Gasteiger partial charge in [0.25, 0.3) is 0 Å². The summed E-state index contributed by atoms with van der Waals surface area (Å²) in [6.07, 6.45) is -1.75. The van der Waals surface area contributed by atoms with Crippen molar-refractivity contribution in [3.8, 4) is 0 Å². The van der Waals surface area contributed by atoms with E-state index in [1.807, 2.05) is 0 Å². The van der Waals surface area contributed by atoms with Crippen molar-refractivity contribution in [2.45, 2.75) is 25.1 Å². The Labute approximate surface area is 87.4 Å². The summed E-state index contributed by atoms with van der Waals surface area (Å²) < 4.78 is 40.5. The first kappa shape index (κ1) is 12.7. The lowest BCUT2D eigenvalue weighted by atomic mass is 10.2. The summed E-state index contributed by atoms with van der Waals surface area (Å²) in [4.78, 5) is 0. The number of nitrogens with one attached hydrogen (secondary N) is 2. The van der Waals surface area contributed by atoms with Gasteiger partial charge in [-0.3, -0.25) is 0 Å². The molecule has 0 bridgehead atoms. The normalized spacial score (nSPS) is 22.2. The molecule has 90 valence electrons. The average Bonchev–Trinajstić information content (AvgIpc) is 2.61. The number of ether oxygens (including phenoxy) is 1. The molecule has 2 N–H and O–H groups in total. The minimum atomic E-state index is -4.12. The van der Waals surface area contributed by atoms with Crippen LogP contribution in [0.3, 0.4) is 0 Å². The highest BCUT2D eigenvalue weighted by Crippen LogP contribution is 2.12. The molecule has 0 spiro atoms. The molecule has 1 rings (SSSR count). The van der Waals surface area contributed by atoms with Gasteiger partial charge < -0.3 is 15.4 Å². The fourth-order valence-corrected chi connectivity index (χ4v) is 1.48. The van der Waals surface area contributed by atoms with Gasteiger partial charge in [-0.25, -0.2) is 0 Å². The zero-order valence-electron chi connectivity index (χ0n) is 8.57. The van der Waals surface area contributed by atoms with Crippen LogP contribution in [-0.2, 0) is 4.74 Å². The third-order valence-electron chi connectivity index (χ3n) is 2.20. The predicted molar refractivity (Wildman–Crippen MR) is 50.8 cm³/mol. The summed E-state index contributed by atoms with van der Waals surface area (Å²) in [6.45, 7) is 1.48. The van der Waals surface area contributed by atoms with Gasteiger partial charge in [-0.15, -0.1) is 0 Å². The molecule has 1 aliphatic rings. The number of hydrogen-bond acceptors (Lipinski definition) is 3. The van der Waals surface area contributed by atoms with Crippen LogP contribution in [0.4, 0.5) is 13.2 Å². The summed E-state index contributed by atoms with van der Waals surface area (Å²) in [5.74, 6) is 0. The van der Waals surface area contributed by atoms with E-state index in [1.165, 1.54) is 0 Å². The number of halogens is 3. The van der Waals surface area contributed by atoms with Crippen molar-refractivity contribution >= 4 is 0 Å². The number of rotatable bonds is 6. The van der Waals surface area contributed by atoms with Gasteiger partial charge in [-0.1, -0.05) is 0 Å². The zero-order valence-corrected chi connectivity index (χ0v) is 8.57. The predicted octanol–water partition coefficient (Wildman–Crippen LogP) is 0.907. The molecule has 1 fully saturated rings. The van der Waals surface area contributed by atoms with Crippen LogP contribution in [0.5, 0.6) is 0 Å². The van der Waals surface area contributed by atoms with Crippen LogP contribution in [0.25, 0.3) is 0 Å². The average molecular weight is 226 g/mol. The first-order valence-electron chi connectivity index (χ1n) is 5.18. The molecule has 15 heavy (non-hydrogen) atoms. The van der Waals surface area contributed by atoms with Gasteiger partial charge in [0.2, 0.25) is 0 Å². The highest BCUT2D eigenvalue weighted by Gasteiger charge is 2.25. The highest BCUT2D eigenvalue weighted by molar-refractivity contribution is 4.67. The molecule has 6 heteroatoms. The molecule has 0 aromatic rings. The van der Waals surface area contributed by atoms with Crippen molar-refractivity contribution in [3.63, 3.8) is 0 Å². The van der Waals surface area contributed by atoms with E-state index < -0.39 is 12.7 Å². The van der Waals surface area contributed by atoms with Gasteiger partial charge in [-0.2, -0.15) is 13.2 Å². The number of hydrogen-bond donors (Lipinski definition) is 2. The molecule has 1 heterocycles. The third-order valence-corrected chi connectivity index (χ3v) is 2.20. The molecule has 1 unspecified atom stereocenters. The molecule has 1 saturated heterocycles. The Kier molecular flexibility index (Phi) is 5.35. The Balaban J connectivity index is 1.84. The van der Waals surface area contributed by atoms with Gasteiger partial charge >= 0.3 is 6.18 Å². The Morgan fingerprint density at radius 3 is 2.53 bits per heavy atom. The molecule has 0 amide bonds. The van der Waals surface area contributed by atoms with Gasteiger partial charge in [0, 0.05) is 26.2 Å². The lowest BCUT2D eigenvalue weighted by molar-refractivity contribution is -0.124. The van der Waals surface area contributed by atoms with Crippen LogP contribution >= 0.6 is 0 Å². The fourth-order valence-electron chi connectivity index (χ4n) is 1.48. The van der Waals surface area contributed by atoms with Gasteiger partial charge in [0.1, 0.15) is 0 Å².